The molecule has 0 heterocycles. The number of nitrogens with one attached hydrogen (secondary N) is 1. The molecule has 0 saturated carbocycles. The maximum absolute atomic E-state index is 12.5. The molecular weight excluding hydrogens is 436 g/mol. The fourth-order valence-corrected chi connectivity index (χ4v) is 3.58. The van der Waals surface area contributed by atoms with Gasteiger partial charge in [0.2, 0.25) is 0 Å². The molecule has 35 heavy (non-hydrogen) atoms. The van der Waals surface area contributed by atoms with Gasteiger partial charge in [-0.15, -0.1) is 0 Å². The predicted molar refractivity (Wildman–Crippen MR) is 139 cm³/mol. The minimum Gasteiger partial charge on any atom is -0.489 e. The number of nitrogens with zero attached hydrogens (tertiary/aromatic N) is 1. The third kappa shape index (κ3) is 6.81. The lowest BCUT2D eigenvalue weighted by Gasteiger charge is -2.10. The second-order valence-corrected chi connectivity index (χ2v) is 8.46. The van der Waals surface area contributed by atoms with Crippen molar-refractivity contribution in [2.75, 3.05) is 0 Å². The van der Waals surface area contributed by atoms with Crippen LogP contribution in [0.5, 0.6) is 17.2 Å². The number of rotatable bonds is 8. The normalized spacial score (nSPS) is 10.8. The molecule has 0 unspecified atom stereocenters. The topological polar surface area (TPSA) is 59.9 Å². The summed E-state index contributed by atoms with van der Waals surface area (Å²) < 4.78 is 11.9. The molecule has 4 aromatic carbocycles. The first-order valence-electron chi connectivity index (χ1n) is 11.4. The van der Waals surface area contributed by atoms with Gasteiger partial charge in [0, 0.05) is 11.1 Å². The molecule has 0 spiro atoms. The minimum atomic E-state index is -0.306. The van der Waals surface area contributed by atoms with Crippen molar-refractivity contribution in [1.29, 1.82) is 0 Å². The van der Waals surface area contributed by atoms with E-state index in [-0.39, 0.29) is 5.91 Å². The monoisotopic (exact) mass is 464 g/mol. The molecule has 5 nitrogen and oxygen atoms in total. The Hall–Kier alpha value is -4.38. The van der Waals surface area contributed by atoms with Gasteiger partial charge in [-0.2, -0.15) is 5.10 Å². The summed E-state index contributed by atoms with van der Waals surface area (Å²) in [4.78, 5) is 12.5. The maximum atomic E-state index is 12.5. The molecule has 0 aromatic heterocycles. The van der Waals surface area contributed by atoms with Crippen molar-refractivity contribution in [3.8, 4) is 17.2 Å². The van der Waals surface area contributed by atoms with Crippen molar-refractivity contribution in [3.63, 3.8) is 0 Å². The molecule has 5 heteroatoms. The fraction of sp³-hybridized carbons (Fsp3) is 0.133. The van der Waals surface area contributed by atoms with Crippen molar-refractivity contribution in [1.82, 2.24) is 5.43 Å². The zero-order valence-corrected chi connectivity index (χ0v) is 20.1. The van der Waals surface area contributed by atoms with E-state index in [0.717, 1.165) is 28.0 Å². The molecule has 0 fully saturated rings. The summed E-state index contributed by atoms with van der Waals surface area (Å²) in [6, 6.07) is 28.8. The van der Waals surface area contributed by atoms with Gasteiger partial charge in [-0.25, -0.2) is 5.43 Å². The van der Waals surface area contributed by atoms with Crippen LogP contribution in [-0.2, 0) is 6.61 Å². The third-order valence-electron chi connectivity index (χ3n) is 5.35. The molecule has 0 aliphatic rings. The molecule has 0 aliphatic heterocycles. The summed E-state index contributed by atoms with van der Waals surface area (Å²) >= 11 is 0. The summed E-state index contributed by atoms with van der Waals surface area (Å²) in [5.74, 6) is 1.81. The molecular formula is C30H28N2O3. The Kier molecular flexibility index (Phi) is 7.58. The van der Waals surface area contributed by atoms with Gasteiger partial charge in [0.25, 0.3) is 5.91 Å². The van der Waals surface area contributed by atoms with Crippen LogP contribution in [0.3, 0.4) is 0 Å². The molecule has 4 rings (SSSR count). The van der Waals surface area contributed by atoms with Crippen molar-refractivity contribution in [3.05, 3.63) is 124 Å². The largest absolute Gasteiger partial charge is 0.489 e. The highest BCUT2D eigenvalue weighted by Gasteiger charge is 2.07. The first-order chi connectivity index (χ1) is 17.0. The SMILES string of the molecule is Cc1ccc(COc2ccc(C(=O)N/N=C\c3ccccc3Oc3cc(C)cc(C)c3)cc2)cc1. The molecule has 1 amide bonds. The Morgan fingerprint density at radius 2 is 1.49 bits per heavy atom. The van der Waals surface area contributed by atoms with Crippen molar-refractivity contribution < 1.29 is 14.3 Å². The van der Waals surface area contributed by atoms with Gasteiger partial charge in [0.15, 0.2) is 0 Å². The molecule has 176 valence electrons. The molecule has 1 N–H and O–H groups in total. The van der Waals surface area contributed by atoms with Crippen molar-refractivity contribution in [2.45, 2.75) is 27.4 Å². The lowest BCUT2D eigenvalue weighted by atomic mass is 10.1. The summed E-state index contributed by atoms with van der Waals surface area (Å²) in [5.41, 5.74) is 8.38. The minimum absolute atomic E-state index is 0.306. The van der Waals surface area contributed by atoms with Crippen LogP contribution < -0.4 is 14.9 Å². The van der Waals surface area contributed by atoms with Crippen LogP contribution >= 0.6 is 0 Å². The number of carbonyl (C=O) groups excluding carboxylic acids is 1. The molecule has 0 saturated heterocycles. The Morgan fingerprint density at radius 1 is 0.800 bits per heavy atom. The van der Waals surface area contributed by atoms with Crippen LogP contribution in [0.15, 0.2) is 96.1 Å². The van der Waals surface area contributed by atoms with Crippen LogP contribution in [0.4, 0.5) is 0 Å². The first kappa shape index (κ1) is 23.8. The van der Waals surface area contributed by atoms with Gasteiger partial charge in [-0.3, -0.25) is 4.79 Å². The quantitative estimate of drug-likeness (QED) is 0.232. The van der Waals surface area contributed by atoms with E-state index in [9.17, 15) is 4.79 Å². The second-order valence-electron chi connectivity index (χ2n) is 8.46. The van der Waals surface area contributed by atoms with Gasteiger partial charge in [0.1, 0.15) is 23.9 Å². The van der Waals surface area contributed by atoms with E-state index in [4.69, 9.17) is 9.47 Å². The average Bonchev–Trinajstić information content (AvgIpc) is 2.84. The lowest BCUT2D eigenvalue weighted by Crippen LogP contribution is -2.17. The number of ether oxygens (including phenoxy) is 2. The third-order valence-corrected chi connectivity index (χ3v) is 5.35. The highest BCUT2D eigenvalue weighted by Crippen LogP contribution is 2.26. The maximum Gasteiger partial charge on any atom is 0.271 e. The van der Waals surface area contributed by atoms with Crippen molar-refractivity contribution >= 4 is 12.1 Å². The van der Waals surface area contributed by atoms with Crippen LogP contribution in [0, 0.1) is 20.8 Å². The van der Waals surface area contributed by atoms with Crippen molar-refractivity contribution in [2.24, 2.45) is 5.10 Å². The number of benzene rings is 4. The number of amides is 1. The molecule has 0 radical (unpaired) electrons. The van der Waals surface area contributed by atoms with Gasteiger partial charge in [0.05, 0.1) is 6.21 Å². The number of carbonyl (C=O) groups is 1. The Bertz CT molecular complexity index is 1310. The Balaban J connectivity index is 1.35. The number of hydrogen-bond donors (Lipinski definition) is 1. The average molecular weight is 465 g/mol. The van der Waals surface area contributed by atoms with Gasteiger partial charge in [-0.05, 0) is 86.0 Å². The highest BCUT2D eigenvalue weighted by molar-refractivity contribution is 5.95. The Labute approximate surface area is 206 Å². The summed E-state index contributed by atoms with van der Waals surface area (Å²) in [6.07, 6.45) is 1.58. The van der Waals surface area contributed by atoms with Gasteiger partial charge >= 0.3 is 0 Å². The lowest BCUT2D eigenvalue weighted by molar-refractivity contribution is 0.0955. The van der Waals surface area contributed by atoms with Crippen LogP contribution in [0.2, 0.25) is 0 Å². The predicted octanol–water partition coefficient (Wildman–Crippen LogP) is 6.75. The summed E-state index contributed by atoms with van der Waals surface area (Å²) in [6.45, 7) is 6.59. The van der Waals surface area contributed by atoms with E-state index in [1.165, 1.54) is 5.56 Å². The summed E-state index contributed by atoms with van der Waals surface area (Å²) in [7, 11) is 0. The zero-order chi connectivity index (χ0) is 24.6. The van der Waals surface area contributed by atoms with E-state index in [2.05, 4.69) is 35.7 Å². The standard InChI is InChI=1S/C30H28N2O3/c1-21-8-10-24(11-9-21)20-34-27-14-12-25(13-15-27)30(33)32-31-19-26-6-4-5-7-29(26)35-28-17-22(2)16-23(3)18-28/h4-19H,20H2,1-3H3,(H,32,33)/b31-19-. The van der Waals surface area contributed by atoms with E-state index >= 15 is 0 Å². The van der Waals surface area contributed by atoms with E-state index in [0.29, 0.717) is 23.7 Å². The van der Waals surface area contributed by atoms with Gasteiger partial charge < -0.3 is 9.47 Å². The smallest absolute Gasteiger partial charge is 0.271 e. The number of hydrogen-bond acceptors (Lipinski definition) is 4. The highest BCUT2D eigenvalue weighted by atomic mass is 16.5. The van der Waals surface area contributed by atoms with E-state index < -0.39 is 0 Å². The Morgan fingerprint density at radius 3 is 2.20 bits per heavy atom. The number of para-hydroxylation sites is 1. The molecule has 0 atom stereocenters. The van der Waals surface area contributed by atoms with Crippen LogP contribution in [-0.4, -0.2) is 12.1 Å². The molecule has 0 aliphatic carbocycles. The molecule has 0 bridgehead atoms. The number of hydrazone groups is 1. The summed E-state index contributed by atoms with van der Waals surface area (Å²) in [5, 5.41) is 4.13. The molecule has 4 aromatic rings. The van der Waals surface area contributed by atoms with E-state index in [1.54, 1.807) is 30.5 Å². The van der Waals surface area contributed by atoms with Crippen LogP contribution in [0.1, 0.15) is 38.2 Å². The zero-order valence-electron chi connectivity index (χ0n) is 20.1. The van der Waals surface area contributed by atoms with Crippen LogP contribution in [0.25, 0.3) is 0 Å². The first-order valence-corrected chi connectivity index (χ1v) is 11.4. The number of aryl methyl sites for hydroxylation is 3. The fourth-order valence-electron chi connectivity index (χ4n) is 3.58. The van der Waals surface area contributed by atoms with E-state index in [1.807, 2.05) is 62.4 Å². The van der Waals surface area contributed by atoms with Gasteiger partial charge in [-0.1, -0.05) is 48.0 Å². The second kappa shape index (κ2) is 11.2.